The summed E-state index contributed by atoms with van der Waals surface area (Å²) in [4.78, 5) is 38.4. The maximum Gasteiger partial charge on any atom is 0.333 e. The quantitative estimate of drug-likeness (QED) is 0.531. The van der Waals surface area contributed by atoms with E-state index in [-0.39, 0.29) is 18.0 Å². The second-order valence-corrected chi connectivity index (χ2v) is 7.08. The lowest BCUT2D eigenvalue weighted by molar-refractivity contribution is -0.134. The van der Waals surface area contributed by atoms with E-state index in [9.17, 15) is 18.8 Å². The summed E-state index contributed by atoms with van der Waals surface area (Å²) in [5.41, 5.74) is 1.11. The van der Waals surface area contributed by atoms with Crippen LogP contribution in [0.1, 0.15) is 11.1 Å². The summed E-state index contributed by atoms with van der Waals surface area (Å²) >= 11 is 3.36. The Bertz CT molecular complexity index is 962. The van der Waals surface area contributed by atoms with Crippen LogP contribution >= 0.6 is 15.9 Å². The molecule has 2 aromatic rings. The van der Waals surface area contributed by atoms with Crippen molar-refractivity contribution in [3.8, 4) is 5.75 Å². The Morgan fingerprint density at radius 2 is 1.61 bits per heavy atom. The molecule has 0 radical (unpaired) electrons. The van der Waals surface area contributed by atoms with Gasteiger partial charge in [0.2, 0.25) is 0 Å². The van der Waals surface area contributed by atoms with Gasteiger partial charge in [0.25, 0.3) is 11.8 Å². The zero-order chi connectivity index (χ0) is 20.4. The molecule has 4 amide bonds. The number of rotatable bonds is 4. The molecule has 2 aromatic carbocycles. The Morgan fingerprint density at radius 3 is 2.21 bits per heavy atom. The molecule has 1 saturated heterocycles. The monoisotopic (exact) mass is 446 g/mol. The molecule has 0 bridgehead atoms. The van der Waals surface area contributed by atoms with Crippen LogP contribution in [0.25, 0.3) is 6.08 Å². The molecule has 0 spiro atoms. The molecule has 0 saturated carbocycles. The number of hydrogen-bond donors (Lipinski definition) is 0. The van der Waals surface area contributed by atoms with Gasteiger partial charge in [0.15, 0.2) is 0 Å². The molecule has 1 aliphatic rings. The number of ether oxygens (including phenoxy) is 1. The van der Waals surface area contributed by atoms with Crippen LogP contribution in [0.15, 0.2) is 52.5 Å². The Morgan fingerprint density at radius 1 is 1.00 bits per heavy atom. The lowest BCUT2D eigenvalue weighted by Gasteiger charge is -2.29. The highest BCUT2D eigenvalue weighted by Crippen LogP contribution is 2.28. The molecular weight excluding hydrogens is 431 g/mol. The highest BCUT2D eigenvalue weighted by molar-refractivity contribution is 9.10. The van der Waals surface area contributed by atoms with Crippen molar-refractivity contribution >= 4 is 39.9 Å². The van der Waals surface area contributed by atoms with Crippen molar-refractivity contribution in [1.29, 1.82) is 0 Å². The van der Waals surface area contributed by atoms with Crippen LogP contribution in [0, 0.1) is 5.82 Å². The maximum absolute atomic E-state index is 13.0. The van der Waals surface area contributed by atoms with Crippen LogP contribution in [0.4, 0.5) is 9.18 Å². The number of amides is 4. The van der Waals surface area contributed by atoms with E-state index < -0.39 is 17.8 Å². The predicted molar refractivity (Wildman–Crippen MR) is 104 cm³/mol. The van der Waals surface area contributed by atoms with Crippen molar-refractivity contribution in [1.82, 2.24) is 9.80 Å². The molecule has 144 valence electrons. The van der Waals surface area contributed by atoms with Gasteiger partial charge in [0.05, 0.1) is 0 Å². The molecule has 0 N–H and O–H groups in total. The molecule has 3 rings (SSSR count). The second-order valence-electron chi connectivity index (χ2n) is 6.17. The lowest BCUT2D eigenvalue weighted by Crippen LogP contribution is -2.52. The fraction of sp³-hybridized carbons (Fsp3) is 0.150. The molecule has 6 nitrogen and oxygen atoms in total. The molecule has 8 heteroatoms. The number of benzene rings is 2. The number of carbonyl (C=O) groups is 3. The summed E-state index contributed by atoms with van der Waals surface area (Å²) in [7, 11) is 2.63. The minimum atomic E-state index is -0.686. The van der Waals surface area contributed by atoms with Gasteiger partial charge in [-0.25, -0.2) is 9.18 Å². The second kappa shape index (κ2) is 7.93. The number of imide groups is 2. The maximum atomic E-state index is 13.0. The number of urea groups is 1. The zero-order valence-corrected chi connectivity index (χ0v) is 16.7. The molecule has 1 aliphatic heterocycles. The van der Waals surface area contributed by atoms with E-state index in [0.717, 1.165) is 19.8 Å². The summed E-state index contributed by atoms with van der Waals surface area (Å²) < 4.78 is 19.6. The largest absolute Gasteiger partial charge is 0.488 e. The van der Waals surface area contributed by atoms with Gasteiger partial charge in [0, 0.05) is 24.1 Å². The number of nitrogens with zero attached hydrogens (tertiary/aromatic N) is 2. The zero-order valence-electron chi connectivity index (χ0n) is 15.1. The molecule has 0 aliphatic carbocycles. The van der Waals surface area contributed by atoms with Crippen molar-refractivity contribution in [2.75, 3.05) is 14.1 Å². The fourth-order valence-corrected chi connectivity index (χ4v) is 3.01. The first kappa shape index (κ1) is 19.8. The van der Waals surface area contributed by atoms with Gasteiger partial charge >= 0.3 is 6.03 Å². The van der Waals surface area contributed by atoms with Crippen LogP contribution in [0.3, 0.4) is 0 Å². The van der Waals surface area contributed by atoms with Gasteiger partial charge in [-0.2, -0.15) is 0 Å². The van der Waals surface area contributed by atoms with E-state index in [1.807, 2.05) is 0 Å². The van der Waals surface area contributed by atoms with Crippen LogP contribution in [0.2, 0.25) is 0 Å². The summed E-state index contributed by atoms with van der Waals surface area (Å²) in [6.45, 7) is 0.179. The Kier molecular flexibility index (Phi) is 5.60. The van der Waals surface area contributed by atoms with Gasteiger partial charge in [-0.1, -0.05) is 28.1 Å². The fourth-order valence-electron chi connectivity index (χ4n) is 2.64. The van der Waals surface area contributed by atoms with Crippen molar-refractivity contribution < 1.29 is 23.5 Å². The SMILES string of the molecule is CN1C(=O)C(=Cc2cc(Br)ccc2OCc2ccc(F)cc2)C(=O)N(C)C1=O. The third-order valence-electron chi connectivity index (χ3n) is 4.22. The minimum Gasteiger partial charge on any atom is -0.488 e. The Hall–Kier alpha value is -3.00. The van der Waals surface area contributed by atoms with Gasteiger partial charge in [-0.15, -0.1) is 0 Å². The van der Waals surface area contributed by atoms with Crippen molar-refractivity contribution in [3.05, 3.63) is 69.5 Å². The summed E-state index contributed by atoms with van der Waals surface area (Å²) in [5, 5.41) is 0. The average molecular weight is 447 g/mol. The number of hydrogen-bond acceptors (Lipinski definition) is 4. The number of halogens is 2. The molecule has 0 unspecified atom stereocenters. The standard InChI is InChI=1S/C20H16BrFN2O4/c1-23-18(25)16(19(26)24(2)20(23)27)10-13-9-14(21)5-8-17(13)28-11-12-3-6-15(22)7-4-12/h3-10H,11H2,1-2H3. The van der Waals surface area contributed by atoms with Crippen molar-refractivity contribution in [2.24, 2.45) is 0 Å². The van der Waals surface area contributed by atoms with E-state index in [2.05, 4.69) is 15.9 Å². The van der Waals surface area contributed by atoms with E-state index in [0.29, 0.717) is 11.3 Å². The summed E-state index contributed by atoms with van der Waals surface area (Å²) in [5.74, 6) is -1.27. The molecular formula is C20H16BrFN2O4. The van der Waals surface area contributed by atoms with E-state index >= 15 is 0 Å². The van der Waals surface area contributed by atoms with Crippen LogP contribution in [-0.2, 0) is 16.2 Å². The van der Waals surface area contributed by atoms with Crippen LogP contribution < -0.4 is 4.74 Å². The summed E-state index contributed by atoms with van der Waals surface area (Å²) in [6, 6.07) is 10.4. The first-order chi connectivity index (χ1) is 13.3. The Balaban J connectivity index is 1.93. The smallest absolute Gasteiger partial charge is 0.333 e. The molecule has 28 heavy (non-hydrogen) atoms. The normalized spacial score (nSPS) is 14.6. The van der Waals surface area contributed by atoms with Gasteiger partial charge in [-0.3, -0.25) is 19.4 Å². The minimum absolute atomic E-state index is 0.144. The third kappa shape index (κ3) is 3.96. The molecule has 0 aromatic heterocycles. The van der Waals surface area contributed by atoms with E-state index in [1.165, 1.54) is 32.3 Å². The van der Waals surface area contributed by atoms with Crippen molar-refractivity contribution in [2.45, 2.75) is 6.61 Å². The first-order valence-corrected chi connectivity index (χ1v) is 9.06. The number of barbiturate groups is 1. The van der Waals surface area contributed by atoms with Crippen molar-refractivity contribution in [3.63, 3.8) is 0 Å². The van der Waals surface area contributed by atoms with E-state index in [1.54, 1.807) is 30.3 Å². The lowest BCUT2D eigenvalue weighted by atomic mass is 10.1. The Labute approximate surface area is 169 Å². The average Bonchev–Trinajstić information content (AvgIpc) is 2.69. The van der Waals surface area contributed by atoms with Gasteiger partial charge in [-0.05, 0) is 42.0 Å². The van der Waals surface area contributed by atoms with E-state index in [4.69, 9.17) is 4.74 Å². The molecule has 1 heterocycles. The topological polar surface area (TPSA) is 66.9 Å². The predicted octanol–water partition coefficient (Wildman–Crippen LogP) is 3.60. The number of likely N-dealkylation sites (N-methyl/N-ethyl adjacent to an activating group) is 2. The van der Waals surface area contributed by atoms with Crippen LogP contribution in [0.5, 0.6) is 5.75 Å². The van der Waals surface area contributed by atoms with Gasteiger partial charge < -0.3 is 4.74 Å². The molecule has 1 fully saturated rings. The third-order valence-corrected chi connectivity index (χ3v) is 4.72. The highest BCUT2D eigenvalue weighted by atomic mass is 79.9. The molecule has 0 atom stereocenters. The van der Waals surface area contributed by atoms with Crippen LogP contribution in [-0.4, -0.2) is 41.7 Å². The first-order valence-electron chi connectivity index (χ1n) is 8.26. The van der Waals surface area contributed by atoms with Gasteiger partial charge in [0.1, 0.15) is 23.7 Å². The highest BCUT2D eigenvalue weighted by Gasteiger charge is 2.37. The summed E-state index contributed by atoms with van der Waals surface area (Å²) in [6.07, 6.45) is 1.40. The number of carbonyl (C=O) groups excluding carboxylic acids is 3.